The predicted molar refractivity (Wildman–Crippen MR) is 67.5 cm³/mol. The van der Waals surface area contributed by atoms with E-state index < -0.39 is 0 Å². The molecule has 82 valence electrons. The van der Waals surface area contributed by atoms with Gasteiger partial charge in [0, 0.05) is 26.7 Å². The second-order valence-electron chi connectivity index (χ2n) is 4.45. The summed E-state index contributed by atoms with van der Waals surface area (Å²) in [6.07, 6.45) is 4.56. The van der Waals surface area contributed by atoms with Crippen LogP contribution in [0.2, 0.25) is 0 Å². The van der Waals surface area contributed by atoms with Crippen molar-refractivity contribution in [3.63, 3.8) is 0 Å². The highest BCUT2D eigenvalue weighted by Crippen LogP contribution is 2.33. The molecular weight excluding hydrogens is 272 g/mol. The number of hydrogen-bond donors (Lipinski definition) is 0. The van der Waals surface area contributed by atoms with E-state index in [9.17, 15) is 4.79 Å². The van der Waals surface area contributed by atoms with Crippen molar-refractivity contribution < 1.29 is 4.79 Å². The summed E-state index contributed by atoms with van der Waals surface area (Å²) in [6.45, 7) is 2.28. The molecule has 2 rings (SSSR count). The smallest absolute Gasteiger partial charge is 0.167 e. The number of thiophene rings is 1. The molecule has 1 heterocycles. The fraction of sp³-hybridized carbons (Fsp3) is 0.583. The van der Waals surface area contributed by atoms with Crippen LogP contribution < -0.4 is 0 Å². The summed E-state index contributed by atoms with van der Waals surface area (Å²) >= 11 is 5.03. The Morgan fingerprint density at radius 3 is 2.53 bits per heavy atom. The first-order valence-corrected chi connectivity index (χ1v) is 7.18. The maximum atomic E-state index is 12.2. The Morgan fingerprint density at radius 1 is 1.33 bits per heavy atom. The average molecular weight is 287 g/mol. The van der Waals surface area contributed by atoms with E-state index in [1.807, 2.05) is 10.8 Å². The van der Waals surface area contributed by atoms with Crippen LogP contribution >= 0.6 is 27.3 Å². The van der Waals surface area contributed by atoms with E-state index in [1.165, 1.54) is 12.8 Å². The highest BCUT2D eigenvalue weighted by atomic mass is 79.9. The molecule has 0 atom stereocenters. The van der Waals surface area contributed by atoms with Gasteiger partial charge in [0.2, 0.25) is 0 Å². The number of carbonyl (C=O) groups excluding carboxylic acids is 1. The van der Waals surface area contributed by atoms with Gasteiger partial charge in [0.15, 0.2) is 5.78 Å². The first-order chi connectivity index (χ1) is 7.18. The van der Waals surface area contributed by atoms with Crippen LogP contribution in [-0.2, 0) is 0 Å². The molecule has 0 aliphatic heterocycles. The van der Waals surface area contributed by atoms with E-state index >= 15 is 0 Å². The van der Waals surface area contributed by atoms with E-state index in [2.05, 4.69) is 22.9 Å². The molecule has 1 nitrogen and oxygen atoms in total. The van der Waals surface area contributed by atoms with Crippen LogP contribution in [-0.4, -0.2) is 5.78 Å². The number of hydrogen-bond acceptors (Lipinski definition) is 2. The van der Waals surface area contributed by atoms with Crippen LogP contribution in [0.5, 0.6) is 0 Å². The number of halogens is 1. The minimum absolute atomic E-state index is 0.270. The fourth-order valence-corrected chi connectivity index (χ4v) is 3.68. The third kappa shape index (κ3) is 2.51. The van der Waals surface area contributed by atoms with Crippen molar-refractivity contribution in [1.29, 1.82) is 0 Å². The van der Waals surface area contributed by atoms with Crippen LogP contribution in [0.3, 0.4) is 0 Å². The zero-order valence-corrected chi connectivity index (χ0v) is 11.2. The van der Waals surface area contributed by atoms with Crippen LogP contribution in [0.15, 0.2) is 15.2 Å². The van der Waals surface area contributed by atoms with E-state index in [-0.39, 0.29) is 5.92 Å². The highest BCUT2D eigenvalue weighted by Gasteiger charge is 2.26. The Balaban J connectivity index is 2.06. The minimum Gasteiger partial charge on any atom is -0.294 e. The lowest BCUT2D eigenvalue weighted by molar-refractivity contribution is 0.0875. The summed E-state index contributed by atoms with van der Waals surface area (Å²) in [6, 6.07) is 0. The normalized spacial score (nSPS) is 26.5. The van der Waals surface area contributed by atoms with Gasteiger partial charge in [-0.25, -0.2) is 0 Å². The van der Waals surface area contributed by atoms with E-state index in [0.717, 1.165) is 28.8 Å². The Morgan fingerprint density at radius 2 is 2.00 bits per heavy atom. The lowest BCUT2D eigenvalue weighted by Gasteiger charge is -2.24. The van der Waals surface area contributed by atoms with Crippen LogP contribution in [0.1, 0.15) is 43.0 Å². The summed E-state index contributed by atoms with van der Waals surface area (Å²) < 4.78 is 0.969. The standard InChI is InChI=1S/C12H15BrOS/c1-8-2-4-9(5-3-8)12(14)10-6-15-7-11(10)13/h6-9H,2-5H2,1H3. The minimum atomic E-state index is 0.270. The molecule has 1 aromatic heterocycles. The summed E-state index contributed by atoms with van der Waals surface area (Å²) in [7, 11) is 0. The van der Waals surface area contributed by atoms with Crippen LogP contribution in [0, 0.1) is 11.8 Å². The Labute approximate surface area is 103 Å². The summed E-state index contributed by atoms with van der Waals surface area (Å²) in [5, 5.41) is 3.95. The van der Waals surface area contributed by atoms with Crippen molar-refractivity contribution in [2.24, 2.45) is 11.8 Å². The van der Waals surface area contributed by atoms with E-state index in [4.69, 9.17) is 0 Å². The largest absolute Gasteiger partial charge is 0.294 e. The second-order valence-corrected chi connectivity index (χ2v) is 6.05. The molecular formula is C12H15BrOS. The number of carbonyl (C=O) groups is 1. The van der Waals surface area contributed by atoms with Crippen molar-refractivity contribution in [2.75, 3.05) is 0 Å². The van der Waals surface area contributed by atoms with Crippen molar-refractivity contribution in [2.45, 2.75) is 32.6 Å². The Bertz CT molecular complexity index is 350. The molecule has 0 radical (unpaired) electrons. The molecule has 0 saturated heterocycles. The summed E-state index contributed by atoms with van der Waals surface area (Å²) in [5.41, 5.74) is 0.888. The second kappa shape index (κ2) is 4.79. The summed E-state index contributed by atoms with van der Waals surface area (Å²) in [4.78, 5) is 12.2. The molecule has 3 heteroatoms. The molecule has 1 saturated carbocycles. The van der Waals surface area contributed by atoms with Crippen LogP contribution in [0.25, 0.3) is 0 Å². The van der Waals surface area contributed by atoms with Gasteiger partial charge in [0.05, 0.1) is 0 Å². The number of ketones is 1. The molecule has 1 aliphatic rings. The van der Waals surface area contributed by atoms with Crippen molar-refractivity contribution in [3.05, 3.63) is 20.8 Å². The molecule has 1 aliphatic carbocycles. The topological polar surface area (TPSA) is 17.1 Å². The third-order valence-corrected chi connectivity index (χ3v) is 4.97. The fourth-order valence-electron chi connectivity index (χ4n) is 2.20. The quantitative estimate of drug-likeness (QED) is 0.731. The van der Waals surface area contributed by atoms with Gasteiger partial charge >= 0.3 is 0 Å². The number of rotatable bonds is 2. The maximum absolute atomic E-state index is 12.2. The van der Waals surface area contributed by atoms with Gasteiger partial charge in [-0.15, -0.1) is 0 Å². The predicted octanol–water partition coefficient (Wildman–Crippen LogP) is 4.52. The average Bonchev–Trinajstić information content (AvgIpc) is 2.65. The van der Waals surface area contributed by atoms with Gasteiger partial charge in [0.1, 0.15) is 0 Å². The third-order valence-electron chi connectivity index (χ3n) is 3.27. The molecule has 15 heavy (non-hydrogen) atoms. The van der Waals surface area contributed by atoms with Crippen molar-refractivity contribution >= 4 is 33.0 Å². The zero-order valence-electron chi connectivity index (χ0n) is 8.83. The van der Waals surface area contributed by atoms with Gasteiger partial charge in [-0.2, -0.15) is 11.3 Å². The van der Waals surface area contributed by atoms with E-state index in [1.54, 1.807) is 11.3 Å². The van der Waals surface area contributed by atoms with Gasteiger partial charge in [0.25, 0.3) is 0 Å². The van der Waals surface area contributed by atoms with Gasteiger partial charge in [-0.1, -0.05) is 19.8 Å². The van der Waals surface area contributed by atoms with Gasteiger partial charge in [-0.05, 0) is 34.7 Å². The first kappa shape index (κ1) is 11.3. The molecule has 0 N–H and O–H groups in total. The SMILES string of the molecule is CC1CCC(C(=O)c2cscc2Br)CC1. The molecule has 1 fully saturated rings. The molecule has 0 aromatic carbocycles. The van der Waals surface area contributed by atoms with Gasteiger partial charge < -0.3 is 0 Å². The molecule has 0 spiro atoms. The monoisotopic (exact) mass is 286 g/mol. The van der Waals surface area contributed by atoms with Crippen LogP contribution in [0.4, 0.5) is 0 Å². The molecule has 1 aromatic rings. The van der Waals surface area contributed by atoms with Crippen molar-refractivity contribution in [1.82, 2.24) is 0 Å². The van der Waals surface area contributed by atoms with Gasteiger partial charge in [-0.3, -0.25) is 4.79 Å². The summed E-state index contributed by atoms with van der Waals surface area (Å²) in [5.74, 6) is 1.42. The molecule has 0 unspecified atom stereocenters. The van der Waals surface area contributed by atoms with E-state index in [0.29, 0.717) is 5.78 Å². The molecule has 0 bridgehead atoms. The number of Topliss-reactive ketones (excluding diaryl/α,β-unsaturated/α-hetero) is 1. The van der Waals surface area contributed by atoms with Crippen molar-refractivity contribution in [3.8, 4) is 0 Å². The lowest BCUT2D eigenvalue weighted by Crippen LogP contribution is -2.20. The first-order valence-electron chi connectivity index (χ1n) is 5.44. The maximum Gasteiger partial charge on any atom is 0.167 e. The molecule has 0 amide bonds. The highest BCUT2D eigenvalue weighted by molar-refractivity contribution is 9.10. The Hall–Kier alpha value is -0.150. The Kier molecular flexibility index (Phi) is 3.62. The zero-order chi connectivity index (χ0) is 10.8. The lowest BCUT2D eigenvalue weighted by atomic mass is 9.80.